The number of nitrogens with one attached hydrogen (secondary N) is 2. The number of carbonyl (C=O) groups is 3. The van der Waals surface area contributed by atoms with E-state index in [0.29, 0.717) is 24.5 Å². The predicted octanol–water partition coefficient (Wildman–Crippen LogP) is 5.15. The molecule has 3 aromatic rings. The van der Waals surface area contributed by atoms with E-state index >= 15 is 0 Å². The van der Waals surface area contributed by atoms with Gasteiger partial charge in [-0.15, -0.1) is 0 Å². The van der Waals surface area contributed by atoms with E-state index in [-0.39, 0.29) is 23.8 Å². The third-order valence-corrected chi connectivity index (χ3v) is 10.00. The van der Waals surface area contributed by atoms with Gasteiger partial charge in [0.25, 0.3) is 0 Å². The minimum Gasteiger partial charge on any atom is -0.457 e. The van der Waals surface area contributed by atoms with Crippen molar-refractivity contribution in [1.82, 2.24) is 15.1 Å². The Morgan fingerprint density at radius 1 is 0.915 bits per heavy atom. The Kier molecular flexibility index (Phi) is 8.84. The molecule has 244 valence electrons. The predicted molar refractivity (Wildman–Crippen MR) is 179 cm³/mol. The van der Waals surface area contributed by atoms with E-state index in [0.717, 1.165) is 38.0 Å². The largest absolute Gasteiger partial charge is 0.457 e. The number of likely N-dealkylation sites (tertiary alicyclic amines) is 1. The summed E-state index contributed by atoms with van der Waals surface area (Å²) in [5.41, 5.74) is 0.576. The maximum atomic E-state index is 14.4. The van der Waals surface area contributed by atoms with Crippen molar-refractivity contribution in [3.63, 3.8) is 0 Å². The van der Waals surface area contributed by atoms with Crippen LogP contribution < -0.4 is 15.4 Å². The van der Waals surface area contributed by atoms with Crippen LogP contribution in [0, 0.1) is 11.8 Å². The molecular formula is C38H42N4O5. The Balaban J connectivity index is 1.09. The van der Waals surface area contributed by atoms with Crippen molar-refractivity contribution in [2.45, 2.75) is 62.4 Å². The van der Waals surface area contributed by atoms with Crippen LogP contribution in [0.1, 0.15) is 37.7 Å². The fourth-order valence-electron chi connectivity index (χ4n) is 7.74. The van der Waals surface area contributed by atoms with Crippen molar-refractivity contribution in [3.8, 4) is 11.5 Å². The minimum absolute atomic E-state index is 0.0833. The molecule has 3 heterocycles. The fourth-order valence-corrected chi connectivity index (χ4v) is 7.74. The zero-order chi connectivity index (χ0) is 32.4. The highest BCUT2D eigenvalue weighted by Gasteiger charge is 2.72. The Morgan fingerprint density at radius 2 is 1.60 bits per heavy atom. The van der Waals surface area contributed by atoms with Gasteiger partial charge in [-0.25, -0.2) is 0 Å². The normalized spacial score (nSPS) is 26.4. The van der Waals surface area contributed by atoms with Crippen LogP contribution in [0.2, 0.25) is 0 Å². The van der Waals surface area contributed by atoms with Crippen LogP contribution in [0.3, 0.4) is 0 Å². The second-order valence-corrected chi connectivity index (χ2v) is 13.2. The first kappa shape index (κ1) is 31.1. The van der Waals surface area contributed by atoms with E-state index in [9.17, 15) is 14.4 Å². The van der Waals surface area contributed by atoms with E-state index in [1.54, 1.807) is 29.2 Å². The van der Waals surface area contributed by atoms with Gasteiger partial charge in [-0.1, -0.05) is 79.9 Å². The van der Waals surface area contributed by atoms with Crippen LogP contribution in [-0.4, -0.2) is 71.4 Å². The van der Waals surface area contributed by atoms with Gasteiger partial charge in [0.15, 0.2) is 0 Å². The number of likely N-dealkylation sites (N-methyl/N-ethyl adjacent to an activating group) is 1. The molecule has 3 aliphatic heterocycles. The third-order valence-electron chi connectivity index (χ3n) is 10.00. The molecule has 9 heteroatoms. The van der Waals surface area contributed by atoms with Crippen molar-refractivity contribution in [2.75, 3.05) is 25.5 Å². The molecule has 3 fully saturated rings. The Hall–Kier alpha value is -4.47. The first-order valence-corrected chi connectivity index (χ1v) is 16.8. The third kappa shape index (κ3) is 6.30. The van der Waals surface area contributed by atoms with Gasteiger partial charge in [0, 0.05) is 31.4 Å². The number of rotatable bonds is 11. The van der Waals surface area contributed by atoms with E-state index in [1.807, 2.05) is 67.7 Å². The minimum atomic E-state index is -1.19. The number of para-hydroxylation sites is 1. The molecule has 5 atom stereocenters. The average Bonchev–Trinajstić information content (AvgIpc) is 3.73. The Morgan fingerprint density at radius 3 is 2.32 bits per heavy atom. The molecule has 2 saturated heterocycles. The zero-order valence-electron chi connectivity index (χ0n) is 26.7. The number of ether oxygens (including phenoxy) is 2. The Labute approximate surface area is 275 Å². The number of amides is 3. The molecule has 0 aromatic heterocycles. The topological polar surface area (TPSA) is 100 Å². The standard InChI is InChI=1S/C38H42N4O5/c1-41(25-26-11-5-2-6-12-26)23-24-42-34(36(44)40-27-13-7-3-8-14-27)38-22-21-31(47-38)32(33(38)37(42)45)35(43)39-28-17-19-30(20-18-28)46-29-15-9-4-10-16-29/h2,4-6,9-12,15-22,27,31-34H,3,7-8,13-14,23-25H2,1H3,(H,39,43)(H,40,44)/t31-,32+,33-,34+,38+/m1/s1. The number of hydrogen-bond acceptors (Lipinski definition) is 6. The van der Waals surface area contributed by atoms with Gasteiger partial charge in [-0.3, -0.25) is 14.4 Å². The molecule has 1 spiro atoms. The number of anilines is 1. The van der Waals surface area contributed by atoms with Crippen molar-refractivity contribution >= 4 is 23.4 Å². The van der Waals surface area contributed by atoms with Crippen LogP contribution in [0.4, 0.5) is 5.69 Å². The van der Waals surface area contributed by atoms with Gasteiger partial charge in [-0.2, -0.15) is 0 Å². The maximum absolute atomic E-state index is 14.4. The van der Waals surface area contributed by atoms with Crippen molar-refractivity contribution < 1.29 is 23.9 Å². The highest BCUT2D eigenvalue weighted by molar-refractivity contribution is 6.02. The molecule has 0 radical (unpaired) electrons. The number of fused-ring (bicyclic) bond motifs is 1. The van der Waals surface area contributed by atoms with E-state index in [2.05, 4.69) is 27.7 Å². The summed E-state index contributed by atoms with van der Waals surface area (Å²) in [6, 6.07) is 26.0. The molecular weight excluding hydrogens is 592 g/mol. The van der Waals surface area contributed by atoms with Crippen LogP contribution in [0.25, 0.3) is 0 Å². The quantitative estimate of drug-likeness (QED) is 0.283. The van der Waals surface area contributed by atoms with Gasteiger partial charge < -0.3 is 29.9 Å². The van der Waals surface area contributed by atoms with Gasteiger partial charge >= 0.3 is 0 Å². The second-order valence-electron chi connectivity index (χ2n) is 13.2. The van der Waals surface area contributed by atoms with Gasteiger partial charge in [0.2, 0.25) is 17.7 Å². The summed E-state index contributed by atoms with van der Waals surface area (Å²) in [6.07, 6.45) is 8.34. The summed E-state index contributed by atoms with van der Waals surface area (Å²) >= 11 is 0. The number of nitrogens with zero attached hydrogens (tertiary/aromatic N) is 2. The van der Waals surface area contributed by atoms with Crippen LogP contribution in [0.15, 0.2) is 97.1 Å². The molecule has 9 nitrogen and oxygen atoms in total. The second kappa shape index (κ2) is 13.3. The molecule has 7 rings (SSSR count). The summed E-state index contributed by atoms with van der Waals surface area (Å²) in [7, 11) is 2.01. The SMILES string of the molecule is CN(CCN1C(=O)[C@H]2[C@@H](C(=O)Nc3ccc(Oc4ccccc4)cc3)[C@H]3C=C[C@@]2(O3)[C@@H]1C(=O)NC1CCCCC1)Cc1ccccc1. The summed E-state index contributed by atoms with van der Waals surface area (Å²) in [5, 5.41) is 6.27. The summed E-state index contributed by atoms with van der Waals surface area (Å²) in [4.78, 5) is 46.2. The first-order valence-electron chi connectivity index (χ1n) is 16.8. The highest BCUT2D eigenvalue weighted by Crippen LogP contribution is 2.55. The molecule has 2 bridgehead atoms. The van der Waals surface area contributed by atoms with Crippen molar-refractivity contribution in [3.05, 3.63) is 103 Å². The molecule has 3 amide bonds. The number of carbonyl (C=O) groups excluding carboxylic acids is 3. The van der Waals surface area contributed by atoms with Crippen molar-refractivity contribution in [1.29, 1.82) is 0 Å². The fraction of sp³-hybridized carbons (Fsp3) is 0.395. The average molecular weight is 635 g/mol. The summed E-state index contributed by atoms with van der Waals surface area (Å²) in [6.45, 7) is 1.63. The molecule has 4 aliphatic rings. The van der Waals surface area contributed by atoms with E-state index in [1.165, 1.54) is 12.0 Å². The lowest BCUT2D eigenvalue weighted by Crippen LogP contribution is -2.57. The van der Waals surface area contributed by atoms with Crippen LogP contribution in [-0.2, 0) is 25.7 Å². The van der Waals surface area contributed by atoms with Gasteiger partial charge in [0.05, 0.1) is 17.9 Å². The summed E-state index contributed by atoms with van der Waals surface area (Å²) in [5.74, 6) is -0.891. The monoisotopic (exact) mass is 634 g/mol. The molecule has 3 aromatic carbocycles. The lowest BCUT2D eigenvalue weighted by atomic mass is 9.74. The Bertz CT molecular complexity index is 1610. The molecule has 1 aliphatic carbocycles. The van der Waals surface area contributed by atoms with Crippen LogP contribution in [0.5, 0.6) is 11.5 Å². The summed E-state index contributed by atoms with van der Waals surface area (Å²) < 4.78 is 12.4. The molecule has 2 N–H and O–H groups in total. The molecule has 0 unspecified atom stereocenters. The highest BCUT2D eigenvalue weighted by atomic mass is 16.5. The zero-order valence-corrected chi connectivity index (χ0v) is 26.7. The number of hydrogen-bond donors (Lipinski definition) is 2. The van der Waals surface area contributed by atoms with Crippen molar-refractivity contribution in [2.24, 2.45) is 11.8 Å². The van der Waals surface area contributed by atoms with E-state index in [4.69, 9.17) is 9.47 Å². The number of benzene rings is 3. The van der Waals surface area contributed by atoms with E-state index < -0.39 is 29.6 Å². The van der Waals surface area contributed by atoms with Gasteiger partial charge in [-0.05, 0) is 61.9 Å². The molecule has 47 heavy (non-hydrogen) atoms. The smallest absolute Gasteiger partial charge is 0.246 e. The first-order chi connectivity index (χ1) is 22.9. The van der Waals surface area contributed by atoms with Crippen LogP contribution >= 0.6 is 0 Å². The van der Waals surface area contributed by atoms with Gasteiger partial charge in [0.1, 0.15) is 23.1 Å². The molecule has 1 saturated carbocycles. The maximum Gasteiger partial charge on any atom is 0.246 e. The lowest BCUT2D eigenvalue weighted by molar-refractivity contribution is -0.141. The lowest BCUT2D eigenvalue weighted by Gasteiger charge is -2.34.